The van der Waals surface area contributed by atoms with Crippen LogP contribution in [-0.4, -0.2) is 30.6 Å². The quantitative estimate of drug-likeness (QED) is 0.558. The lowest BCUT2D eigenvalue weighted by Crippen LogP contribution is -2.14. The first kappa shape index (κ1) is 21.4. The first-order valence-corrected chi connectivity index (χ1v) is 9.84. The molecule has 0 saturated heterocycles. The summed E-state index contributed by atoms with van der Waals surface area (Å²) in [6.45, 7) is 1.97. The maximum absolute atomic E-state index is 14.5. The molecule has 0 aliphatic rings. The minimum absolute atomic E-state index is 0.0172. The van der Waals surface area contributed by atoms with Crippen LogP contribution < -0.4 is 10.1 Å². The molecule has 1 aromatic heterocycles. The highest BCUT2D eigenvalue weighted by Gasteiger charge is 2.17. The van der Waals surface area contributed by atoms with Crippen molar-refractivity contribution >= 4 is 28.3 Å². The minimum Gasteiger partial charge on any atom is -0.497 e. The summed E-state index contributed by atoms with van der Waals surface area (Å²) in [5, 5.41) is 4.33. The van der Waals surface area contributed by atoms with Crippen molar-refractivity contribution in [1.82, 2.24) is 4.98 Å². The van der Waals surface area contributed by atoms with Crippen molar-refractivity contribution in [3.05, 3.63) is 64.7 Å². The standard InChI is InChI=1S/C21H18F2N2O4S/c1-3-29-19(26)9-13-11-30-21(24-13)25-20(27)16-6-4-12(8-17(16)22)15-7-5-14(28-2)10-18(15)23/h4-8,10-11H,3,9H2,1-2H3,(H,24,25,27). The number of hydrogen-bond acceptors (Lipinski definition) is 6. The lowest BCUT2D eigenvalue weighted by atomic mass is 10.0. The molecule has 156 valence electrons. The number of nitrogens with zero attached hydrogens (tertiary/aromatic N) is 1. The number of hydrogen-bond donors (Lipinski definition) is 1. The largest absolute Gasteiger partial charge is 0.497 e. The molecule has 9 heteroatoms. The van der Waals surface area contributed by atoms with Gasteiger partial charge in [0, 0.05) is 17.0 Å². The number of nitrogens with one attached hydrogen (secondary N) is 1. The molecule has 0 saturated carbocycles. The Balaban J connectivity index is 1.73. The van der Waals surface area contributed by atoms with Gasteiger partial charge in [0.15, 0.2) is 5.13 Å². The molecule has 30 heavy (non-hydrogen) atoms. The fourth-order valence-electron chi connectivity index (χ4n) is 2.69. The monoisotopic (exact) mass is 432 g/mol. The van der Waals surface area contributed by atoms with Crippen LogP contribution >= 0.6 is 11.3 Å². The third-order valence-corrected chi connectivity index (χ3v) is 4.91. The van der Waals surface area contributed by atoms with Crippen molar-refractivity contribution in [3.8, 4) is 16.9 Å². The maximum Gasteiger partial charge on any atom is 0.311 e. The molecule has 3 aromatic rings. The number of ether oxygens (including phenoxy) is 2. The van der Waals surface area contributed by atoms with Gasteiger partial charge in [-0.25, -0.2) is 13.8 Å². The van der Waals surface area contributed by atoms with E-state index in [-0.39, 0.29) is 34.8 Å². The van der Waals surface area contributed by atoms with Crippen LogP contribution in [0, 0.1) is 11.6 Å². The van der Waals surface area contributed by atoms with Crippen LogP contribution in [0.3, 0.4) is 0 Å². The van der Waals surface area contributed by atoms with Crippen LogP contribution in [-0.2, 0) is 16.0 Å². The second kappa shape index (κ2) is 9.45. The molecule has 0 bridgehead atoms. The van der Waals surface area contributed by atoms with Crippen molar-refractivity contribution in [1.29, 1.82) is 0 Å². The summed E-state index contributed by atoms with van der Waals surface area (Å²) in [6.07, 6.45) is -0.0172. The number of methoxy groups -OCH3 is 1. The SMILES string of the molecule is CCOC(=O)Cc1csc(NC(=O)c2ccc(-c3ccc(OC)cc3F)cc2F)n1. The summed E-state index contributed by atoms with van der Waals surface area (Å²) in [4.78, 5) is 28.0. The average molecular weight is 432 g/mol. The van der Waals surface area contributed by atoms with Gasteiger partial charge in [0.1, 0.15) is 17.4 Å². The lowest BCUT2D eigenvalue weighted by molar-refractivity contribution is -0.142. The fourth-order valence-corrected chi connectivity index (χ4v) is 3.40. The molecule has 2 aromatic carbocycles. The van der Waals surface area contributed by atoms with Gasteiger partial charge in [-0.1, -0.05) is 6.07 Å². The summed E-state index contributed by atoms with van der Waals surface area (Å²) in [6, 6.07) is 8.06. The van der Waals surface area contributed by atoms with E-state index in [1.807, 2.05) is 0 Å². The van der Waals surface area contributed by atoms with Crippen molar-refractivity contribution < 1.29 is 27.8 Å². The van der Waals surface area contributed by atoms with E-state index in [0.29, 0.717) is 11.4 Å². The summed E-state index contributed by atoms with van der Waals surface area (Å²) >= 11 is 1.11. The lowest BCUT2D eigenvalue weighted by Gasteiger charge is -2.08. The van der Waals surface area contributed by atoms with Gasteiger partial charge in [-0.05, 0) is 36.8 Å². The Morgan fingerprint density at radius 3 is 2.60 bits per heavy atom. The molecule has 3 rings (SSSR count). The number of amides is 1. The summed E-state index contributed by atoms with van der Waals surface area (Å²) in [5.74, 6) is -2.15. The maximum atomic E-state index is 14.5. The van der Waals surface area contributed by atoms with Crippen molar-refractivity contribution in [2.24, 2.45) is 0 Å². The number of esters is 1. The number of rotatable bonds is 7. The zero-order valence-corrected chi connectivity index (χ0v) is 17.0. The summed E-state index contributed by atoms with van der Waals surface area (Å²) < 4.78 is 38.6. The fraction of sp³-hybridized carbons (Fsp3) is 0.190. The number of thiazole rings is 1. The Morgan fingerprint density at radius 2 is 1.93 bits per heavy atom. The van der Waals surface area contributed by atoms with Gasteiger partial charge in [-0.2, -0.15) is 0 Å². The van der Waals surface area contributed by atoms with E-state index in [0.717, 1.165) is 17.4 Å². The Labute approximate surface area is 175 Å². The van der Waals surface area contributed by atoms with Crippen LogP contribution in [0.5, 0.6) is 5.75 Å². The molecule has 1 heterocycles. The first-order valence-electron chi connectivity index (χ1n) is 8.96. The molecule has 0 fully saturated rings. The molecule has 0 aliphatic carbocycles. The highest BCUT2D eigenvalue weighted by Crippen LogP contribution is 2.28. The van der Waals surface area contributed by atoms with Gasteiger partial charge >= 0.3 is 5.97 Å². The zero-order chi connectivity index (χ0) is 21.7. The number of benzene rings is 2. The first-order chi connectivity index (χ1) is 14.4. The minimum atomic E-state index is -0.802. The molecule has 0 radical (unpaired) electrons. The molecule has 1 N–H and O–H groups in total. The van der Waals surface area contributed by atoms with Gasteiger partial charge in [0.05, 0.1) is 31.4 Å². The average Bonchev–Trinajstić information content (AvgIpc) is 3.14. The number of carbonyl (C=O) groups is 2. The van der Waals surface area contributed by atoms with Crippen molar-refractivity contribution in [3.63, 3.8) is 0 Å². The predicted octanol–water partition coefficient (Wildman–Crippen LogP) is 4.45. The topological polar surface area (TPSA) is 77.5 Å². The molecule has 1 amide bonds. The van der Waals surface area contributed by atoms with E-state index in [1.54, 1.807) is 18.4 Å². The highest BCUT2D eigenvalue weighted by molar-refractivity contribution is 7.14. The Morgan fingerprint density at radius 1 is 1.13 bits per heavy atom. The summed E-state index contributed by atoms with van der Waals surface area (Å²) in [7, 11) is 1.42. The Hall–Kier alpha value is -3.33. The van der Waals surface area contributed by atoms with Gasteiger partial charge in [0.25, 0.3) is 5.91 Å². The van der Waals surface area contributed by atoms with Gasteiger partial charge < -0.3 is 9.47 Å². The van der Waals surface area contributed by atoms with E-state index >= 15 is 0 Å². The molecule has 0 atom stereocenters. The van der Waals surface area contributed by atoms with Crippen LogP contribution in [0.15, 0.2) is 41.8 Å². The number of anilines is 1. The second-order valence-electron chi connectivity index (χ2n) is 6.12. The van der Waals surface area contributed by atoms with Gasteiger partial charge in [0.2, 0.25) is 0 Å². The molecule has 6 nitrogen and oxygen atoms in total. The summed E-state index contributed by atoms with van der Waals surface area (Å²) in [5.41, 5.74) is 0.703. The molecular weight excluding hydrogens is 414 g/mol. The molecule has 0 aliphatic heterocycles. The number of carbonyl (C=O) groups excluding carboxylic acids is 2. The molecular formula is C21H18F2N2O4S. The molecule has 0 unspecified atom stereocenters. The number of aromatic nitrogens is 1. The van der Waals surface area contributed by atoms with Crippen LogP contribution in [0.1, 0.15) is 23.0 Å². The highest BCUT2D eigenvalue weighted by atomic mass is 32.1. The van der Waals surface area contributed by atoms with E-state index in [1.165, 1.54) is 31.4 Å². The van der Waals surface area contributed by atoms with Gasteiger partial charge in [-0.15, -0.1) is 11.3 Å². The van der Waals surface area contributed by atoms with Crippen LogP contribution in [0.2, 0.25) is 0 Å². The number of halogens is 2. The van der Waals surface area contributed by atoms with E-state index in [4.69, 9.17) is 9.47 Å². The normalized spacial score (nSPS) is 10.5. The van der Waals surface area contributed by atoms with Crippen LogP contribution in [0.25, 0.3) is 11.1 Å². The van der Waals surface area contributed by atoms with E-state index < -0.39 is 23.5 Å². The Kier molecular flexibility index (Phi) is 6.73. The van der Waals surface area contributed by atoms with Crippen LogP contribution in [0.4, 0.5) is 13.9 Å². The van der Waals surface area contributed by atoms with E-state index in [9.17, 15) is 18.4 Å². The predicted molar refractivity (Wildman–Crippen MR) is 109 cm³/mol. The van der Waals surface area contributed by atoms with Crippen molar-refractivity contribution in [2.45, 2.75) is 13.3 Å². The zero-order valence-electron chi connectivity index (χ0n) is 16.2. The smallest absolute Gasteiger partial charge is 0.311 e. The third-order valence-electron chi connectivity index (χ3n) is 4.10. The third kappa shape index (κ3) is 4.98. The Bertz CT molecular complexity index is 1080. The van der Waals surface area contributed by atoms with Crippen molar-refractivity contribution in [2.75, 3.05) is 19.0 Å². The van der Waals surface area contributed by atoms with E-state index in [2.05, 4.69) is 10.3 Å². The molecule has 0 spiro atoms. The second-order valence-corrected chi connectivity index (χ2v) is 6.98. The van der Waals surface area contributed by atoms with Gasteiger partial charge in [-0.3, -0.25) is 14.9 Å².